The molecule has 2 N–H and O–H groups in total. The van der Waals surface area contributed by atoms with E-state index in [2.05, 4.69) is 10.1 Å². The smallest absolute Gasteiger partial charge is 0.195 e. The minimum Gasteiger partial charge on any atom is -0.380 e. The summed E-state index contributed by atoms with van der Waals surface area (Å²) < 4.78 is 45.2. The summed E-state index contributed by atoms with van der Waals surface area (Å²) in [7, 11) is 0. The van der Waals surface area contributed by atoms with Crippen LogP contribution in [0.2, 0.25) is 0 Å². The third-order valence-electron chi connectivity index (χ3n) is 2.92. The molecular formula is C14H8F3N3O. The topological polar surface area (TPSA) is 64.9 Å². The van der Waals surface area contributed by atoms with E-state index in [0.717, 1.165) is 12.1 Å². The predicted molar refractivity (Wildman–Crippen MR) is 69.5 cm³/mol. The Morgan fingerprint density at radius 2 is 1.81 bits per heavy atom. The number of pyridine rings is 1. The maximum Gasteiger partial charge on any atom is 0.195 e. The molecule has 0 unspecified atom stereocenters. The van der Waals surface area contributed by atoms with Gasteiger partial charge in [-0.15, -0.1) is 0 Å². The minimum atomic E-state index is -1.59. The van der Waals surface area contributed by atoms with Gasteiger partial charge in [-0.05, 0) is 24.3 Å². The number of nitrogens with zero attached hydrogens (tertiary/aromatic N) is 2. The van der Waals surface area contributed by atoms with Crippen LogP contribution in [0.25, 0.3) is 22.6 Å². The number of halogens is 3. The first-order valence-corrected chi connectivity index (χ1v) is 5.90. The van der Waals surface area contributed by atoms with Gasteiger partial charge in [-0.25, -0.2) is 13.2 Å². The zero-order valence-corrected chi connectivity index (χ0v) is 10.5. The number of nitrogen functional groups attached to an aromatic ring is 1. The van der Waals surface area contributed by atoms with Gasteiger partial charge < -0.3 is 10.3 Å². The lowest BCUT2D eigenvalue weighted by molar-refractivity contribution is 0.423. The van der Waals surface area contributed by atoms with Crippen LogP contribution >= 0.6 is 0 Å². The van der Waals surface area contributed by atoms with Crippen molar-refractivity contribution in [2.24, 2.45) is 0 Å². The Balaban J connectivity index is 2.24. The van der Waals surface area contributed by atoms with Gasteiger partial charge >= 0.3 is 0 Å². The minimum absolute atomic E-state index is 0.0205. The first kappa shape index (κ1) is 13.2. The number of hydrogen-bond acceptors (Lipinski definition) is 4. The molecular weight excluding hydrogens is 283 g/mol. The van der Waals surface area contributed by atoms with E-state index < -0.39 is 17.5 Å². The van der Waals surface area contributed by atoms with Crippen molar-refractivity contribution in [3.05, 3.63) is 54.0 Å². The van der Waals surface area contributed by atoms with Crippen LogP contribution in [0.3, 0.4) is 0 Å². The lowest BCUT2D eigenvalue weighted by Crippen LogP contribution is -1.95. The molecule has 0 bridgehead atoms. The number of nitrogens with two attached hydrogens (primary N) is 1. The zero-order chi connectivity index (χ0) is 15.0. The van der Waals surface area contributed by atoms with Crippen molar-refractivity contribution in [3.8, 4) is 22.6 Å². The van der Waals surface area contributed by atoms with E-state index >= 15 is 0 Å². The molecule has 3 rings (SSSR count). The van der Waals surface area contributed by atoms with Gasteiger partial charge in [0.2, 0.25) is 0 Å². The molecule has 2 heterocycles. The van der Waals surface area contributed by atoms with Crippen LogP contribution in [0, 0.1) is 17.5 Å². The van der Waals surface area contributed by atoms with Crippen LogP contribution < -0.4 is 5.73 Å². The SMILES string of the molecule is Nc1noc(-c2ccc(F)c(F)c2F)c1-c1ccccn1. The molecule has 0 atom stereocenters. The van der Waals surface area contributed by atoms with Crippen LogP contribution in [-0.2, 0) is 0 Å². The Morgan fingerprint density at radius 1 is 1.00 bits per heavy atom. The van der Waals surface area contributed by atoms with E-state index in [1.165, 1.54) is 6.20 Å². The van der Waals surface area contributed by atoms with Crippen molar-refractivity contribution in [3.63, 3.8) is 0 Å². The molecule has 0 amide bonds. The van der Waals surface area contributed by atoms with Crippen molar-refractivity contribution in [1.29, 1.82) is 0 Å². The monoisotopic (exact) mass is 291 g/mol. The number of rotatable bonds is 2. The summed E-state index contributed by atoms with van der Waals surface area (Å²) in [6.07, 6.45) is 1.51. The Morgan fingerprint density at radius 3 is 2.52 bits per heavy atom. The highest BCUT2D eigenvalue weighted by Gasteiger charge is 2.24. The summed E-state index contributed by atoms with van der Waals surface area (Å²) in [5.74, 6) is -4.38. The molecule has 7 heteroatoms. The summed E-state index contributed by atoms with van der Waals surface area (Å²) in [6.45, 7) is 0. The zero-order valence-electron chi connectivity index (χ0n) is 10.5. The molecule has 1 aromatic carbocycles. The lowest BCUT2D eigenvalue weighted by atomic mass is 10.0. The van der Waals surface area contributed by atoms with Crippen LogP contribution in [-0.4, -0.2) is 10.1 Å². The van der Waals surface area contributed by atoms with Gasteiger partial charge in [-0.1, -0.05) is 11.2 Å². The van der Waals surface area contributed by atoms with Crippen molar-refractivity contribution in [1.82, 2.24) is 10.1 Å². The molecule has 0 spiro atoms. The predicted octanol–water partition coefficient (Wildman–Crippen LogP) is 3.40. The normalized spacial score (nSPS) is 10.8. The van der Waals surface area contributed by atoms with E-state index in [4.69, 9.17) is 10.3 Å². The second-order valence-corrected chi connectivity index (χ2v) is 4.21. The molecule has 0 aliphatic carbocycles. The molecule has 0 radical (unpaired) electrons. The van der Waals surface area contributed by atoms with Crippen molar-refractivity contribution in [2.45, 2.75) is 0 Å². The number of anilines is 1. The fourth-order valence-electron chi connectivity index (χ4n) is 1.95. The van der Waals surface area contributed by atoms with Crippen LogP contribution in [0.1, 0.15) is 0 Å². The summed E-state index contributed by atoms with van der Waals surface area (Å²) in [5, 5.41) is 3.54. The highest BCUT2D eigenvalue weighted by atomic mass is 19.2. The largest absolute Gasteiger partial charge is 0.380 e. The summed E-state index contributed by atoms with van der Waals surface area (Å²) in [4.78, 5) is 4.07. The third kappa shape index (κ3) is 2.12. The second kappa shape index (κ2) is 4.93. The van der Waals surface area contributed by atoms with E-state index in [0.29, 0.717) is 5.69 Å². The molecule has 21 heavy (non-hydrogen) atoms. The quantitative estimate of drug-likeness (QED) is 0.735. The maximum absolute atomic E-state index is 13.9. The number of aromatic nitrogens is 2. The van der Waals surface area contributed by atoms with Crippen LogP contribution in [0.4, 0.5) is 19.0 Å². The van der Waals surface area contributed by atoms with Gasteiger partial charge in [0.1, 0.15) is 0 Å². The lowest BCUT2D eigenvalue weighted by Gasteiger charge is -2.04. The third-order valence-corrected chi connectivity index (χ3v) is 2.92. The second-order valence-electron chi connectivity index (χ2n) is 4.21. The highest BCUT2D eigenvalue weighted by molar-refractivity contribution is 5.84. The summed E-state index contributed by atoms with van der Waals surface area (Å²) in [6, 6.07) is 6.85. The maximum atomic E-state index is 13.9. The van der Waals surface area contributed by atoms with E-state index in [1.54, 1.807) is 18.2 Å². The molecule has 0 aliphatic rings. The van der Waals surface area contributed by atoms with Crippen molar-refractivity contribution in [2.75, 3.05) is 5.73 Å². The van der Waals surface area contributed by atoms with E-state index in [-0.39, 0.29) is 22.7 Å². The van der Waals surface area contributed by atoms with Gasteiger partial charge in [-0.2, -0.15) is 0 Å². The van der Waals surface area contributed by atoms with Crippen LogP contribution in [0.5, 0.6) is 0 Å². The average Bonchev–Trinajstić information content (AvgIpc) is 2.87. The Bertz CT molecular complexity index is 803. The van der Waals surface area contributed by atoms with Gasteiger partial charge in [0, 0.05) is 6.20 Å². The van der Waals surface area contributed by atoms with Crippen LogP contribution in [0.15, 0.2) is 41.1 Å². The first-order valence-electron chi connectivity index (χ1n) is 5.90. The fraction of sp³-hybridized carbons (Fsp3) is 0. The average molecular weight is 291 g/mol. The molecule has 3 aromatic rings. The highest BCUT2D eigenvalue weighted by Crippen LogP contribution is 2.37. The Labute approximate surface area is 117 Å². The standard InChI is InChI=1S/C14H8F3N3O/c15-8-5-4-7(11(16)12(8)17)13-10(14(18)20-21-13)9-3-1-2-6-19-9/h1-6H,(H2,18,20). The molecule has 0 aliphatic heterocycles. The number of hydrogen-bond donors (Lipinski definition) is 1. The molecule has 106 valence electrons. The summed E-state index contributed by atoms with van der Waals surface area (Å²) in [5.41, 5.74) is 6.02. The van der Waals surface area contributed by atoms with Gasteiger partial charge in [-0.3, -0.25) is 4.98 Å². The number of benzene rings is 1. The fourth-order valence-corrected chi connectivity index (χ4v) is 1.95. The molecule has 0 saturated heterocycles. The van der Waals surface area contributed by atoms with Gasteiger partial charge in [0.05, 0.1) is 16.8 Å². The summed E-state index contributed by atoms with van der Waals surface area (Å²) >= 11 is 0. The van der Waals surface area contributed by atoms with Crippen molar-refractivity contribution < 1.29 is 17.7 Å². The van der Waals surface area contributed by atoms with Crippen molar-refractivity contribution >= 4 is 5.82 Å². The van der Waals surface area contributed by atoms with E-state index in [1.807, 2.05) is 0 Å². The van der Waals surface area contributed by atoms with Gasteiger partial charge in [0.25, 0.3) is 0 Å². The Hall–Kier alpha value is -2.83. The van der Waals surface area contributed by atoms with E-state index in [9.17, 15) is 13.2 Å². The molecule has 2 aromatic heterocycles. The molecule has 0 fully saturated rings. The van der Waals surface area contributed by atoms with Gasteiger partial charge in [0.15, 0.2) is 29.0 Å². The molecule has 0 saturated carbocycles. The molecule has 4 nitrogen and oxygen atoms in total. The Kier molecular flexibility index (Phi) is 3.09. The first-order chi connectivity index (χ1) is 10.1.